The lowest BCUT2D eigenvalue weighted by molar-refractivity contribution is 0.136. The molecule has 0 unspecified atom stereocenters. The van der Waals surface area contributed by atoms with Crippen LogP contribution in [0.2, 0.25) is 0 Å². The first kappa shape index (κ1) is 16.1. The maximum atomic E-state index is 6.27. The van der Waals surface area contributed by atoms with Crippen molar-refractivity contribution in [2.24, 2.45) is 0 Å². The molecule has 25 heavy (non-hydrogen) atoms. The Bertz CT molecular complexity index is 876. The Hall–Kier alpha value is -2.39. The normalized spacial score (nSPS) is 17.8. The molecule has 0 N–H and O–H groups in total. The van der Waals surface area contributed by atoms with Gasteiger partial charge in [0.2, 0.25) is 5.88 Å². The molecule has 0 fully saturated rings. The fourth-order valence-corrected chi connectivity index (χ4v) is 3.48. The minimum atomic E-state index is 0.180. The Kier molecular flexibility index (Phi) is 4.41. The molecule has 0 aliphatic carbocycles. The molecule has 1 aliphatic rings. The molecule has 2 heterocycles. The third-order valence-corrected chi connectivity index (χ3v) is 4.85. The molecule has 1 aromatic heterocycles. The van der Waals surface area contributed by atoms with Gasteiger partial charge in [0, 0.05) is 30.6 Å². The van der Waals surface area contributed by atoms with Gasteiger partial charge in [0.05, 0.1) is 5.52 Å². The van der Waals surface area contributed by atoms with Crippen LogP contribution in [-0.4, -0.2) is 22.5 Å². The maximum absolute atomic E-state index is 6.27. The summed E-state index contributed by atoms with van der Waals surface area (Å²) < 4.78 is 6.27. The monoisotopic (exact) mass is 332 g/mol. The first-order valence-corrected chi connectivity index (χ1v) is 9.04. The van der Waals surface area contributed by atoms with Crippen molar-refractivity contribution >= 4 is 10.9 Å². The van der Waals surface area contributed by atoms with Crippen LogP contribution in [0.3, 0.4) is 0 Å². The molecule has 3 nitrogen and oxygen atoms in total. The summed E-state index contributed by atoms with van der Waals surface area (Å²) >= 11 is 0. The average Bonchev–Trinajstić information content (AvgIpc) is 2.79. The second-order valence-electron chi connectivity index (χ2n) is 6.95. The second-order valence-corrected chi connectivity index (χ2v) is 6.95. The van der Waals surface area contributed by atoms with Crippen LogP contribution >= 0.6 is 0 Å². The van der Waals surface area contributed by atoms with Gasteiger partial charge in [-0.2, -0.15) is 0 Å². The van der Waals surface area contributed by atoms with Crippen molar-refractivity contribution in [1.82, 2.24) is 9.88 Å². The van der Waals surface area contributed by atoms with Crippen molar-refractivity contribution in [3.63, 3.8) is 0 Å². The Balaban J connectivity index is 1.69. The van der Waals surface area contributed by atoms with Crippen LogP contribution in [0.5, 0.6) is 5.88 Å². The highest BCUT2D eigenvalue weighted by atomic mass is 16.5. The first-order valence-electron chi connectivity index (χ1n) is 9.04. The van der Waals surface area contributed by atoms with Crippen LogP contribution in [0.4, 0.5) is 0 Å². The molecule has 4 rings (SSSR count). The lowest BCUT2D eigenvalue weighted by atomic mass is 10.1. The molecule has 0 saturated carbocycles. The van der Waals surface area contributed by atoms with Crippen molar-refractivity contribution in [3.05, 3.63) is 71.3 Å². The molecule has 128 valence electrons. The zero-order valence-corrected chi connectivity index (χ0v) is 14.9. The molecule has 3 aromatic rings. The van der Waals surface area contributed by atoms with Crippen molar-refractivity contribution in [3.8, 4) is 5.88 Å². The topological polar surface area (TPSA) is 25.4 Å². The van der Waals surface area contributed by atoms with E-state index in [1.54, 1.807) is 0 Å². The third-order valence-electron chi connectivity index (χ3n) is 4.85. The van der Waals surface area contributed by atoms with Crippen molar-refractivity contribution in [1.29, 1.82) is 0 Å². The molecule has 0 amide bonds. The Morgan fingerprint density at radius 1 is 1.12 bits per heavy atom. The number of hydrogen-bond acceptors (Lipinski definition) is 3. The average molecular weight is 332 g/mol. The zero-order chi connectivity index (χ0) is 17.2. The van der Waals surface area contributed by atoms with Crippen LogP contribution in [0.25, 0.3) is 10.9 Å². The van der Waals surface area contributed by atoms with E-state index in [1.165, 1.54) is 22.1 Å². The number of rotatable bonds is 3. The summed E-state index contributed by atoms with van der Waals surface area (Å²) in [5.41, 5.74) is 4.77. The second kappa shape index (κ2) is 6.85. The van der Waals surface area contributed by atoms with E-state index in [2.05, 4.69) is 73.3 Å². The van der Waals surface area contributed by atoms with E-state index in [9.17, 15) is 0 Å². The van der Waals surface area contributed by atoms with Gasteiger partial charge in [-0.1, -0.05) is 49.4 Å². The highest BCUT2D eigenvalue weighted by Crippen LogP contribution is 2.29. The molecule has 1 aliphatic heterocycles. The number of pyridine rings is 1. The minimum absolute atomic E-state index is 0.180. The van der Waals surface area contributed by atoms with Gasteiger partial charge in [0.15, 0.2) is 0 Å². The smallest absolute Gasteiger partial charge is 0.218 e. The molecule has 0 radical (unpaired) electrons. The van der Waals surface area contributed by atoms with Gasteiger partial charge in [-0.05, 0) is 36.6 Å². The number of aryl methyl sites for hydroxylation is 1. The molecular formula is C22H24N2O. The van der Waals surface area contributed by atoms with Crippen molar-refractivity contribution < 1.29 is 4.74 Å². The Morgan fingerprint density at radius 3 is 2.76 bits per heavy atom. The lowest BCUT2D eigenvalue weighted by Gasteiger charge is -2.23. The quantitative estimate of drug-likeness (QED) is 0.694. The fraction of sp³-hybridized carbons (Fsp3) is 0.318. The first-order chi connectivity index (χ1) is 12.2. The van der Waals surface area contributed by atoms with Gasteiger partial charge in [0.1, 0.15) is 6.10 Å². The van der Waals surface area contributed by atoms with Crippen LogP contribution < -0.4 is 4.74 Å². The lowest BCUT2D eigenvalue weighted by Crippen LogP contribution is -2.32. The van der Waals surface area contributed by atoms with Gasteiger partial charge in [-0.25, -0.2) is 4.98 Å². The third kappa shape index (κ3) is 3.52. The number of fused-ring (bicyclic) bond motifs is 2. The van der Waals surface area contributed by atoms with E-state index in [0.717, 1.165) is 37.5 Å². The van der Waals surface area contributed by atoms with Gasteiger partial charge in [0.25, 0.3) is 0 Å². The standard InChI is InChI=1S/C22H24N2O/c1-3-20-15-24(13-17-7-5-4-6-8-17)14-19-12-18-10-9-16(2)11-21(18)23-22(19)25-20/h4-12,20H,3,13-15H2,1-2H3/t20-/m1/s1. The van der Waals surface area contributed by atoms with Crippen molar-refractivity contribution in [2.45, 2.75) is 39.5 Å². The van der Waals surface area contributed by atoms with E-state index in [0.29, 0.717) is 0 Å². The molecule has 1 atom stereocenters. The van der Waals surface area contributed by atoms with E-state index >= 15 is 0 Å². The summed E-state index contributed by atoms with van der Waals surface area (Å²) in [7, 11) is 0. The SMILES string of the molecule is CC[C@@H]1CN(Cc2ccccc2)Cc2cc3ccc(C)cc3nc2O1. The summed E-state index contributed by atoms with van der Waals surface area (Å²) in [4.78, 5) is 7.30. The molecule has 0 saturated heterocycles. The fourth-order valence-electron chi connectivity index (χ4n) is 3.48. The van der Waals surface area contributed by atoms with Gasteiger partial charge in [-0.15, -0.1) is 0 Å². The van der Waals surface area contributed by atoms with E-state index in [4.69, 9.17) is 9.72 Å². The zero-order valence-electron chi connectivity index (χ0n) is 14.9. The predicted molar refractivity (Wildman–Crippen MR) is 102 cm³/mol. The van der Waals surface area contributed by atoms with E-state index in [1.807, 2.05) is 0 Å². The van der Waals surface area contributed by atoms with E-state index in [-0.39, 0.29) is 6.10 Å². The number of ether oxygens (including phenoxy) is 1. The summed E-state index contributed by atoms with van der Waals surface area (Å²) in [5, 5.41) is 1.18. The van der Waals surface area contributed by atoms with Crippen LogP contribution in [0.15, 0.2) is 54.6 Å². The van der Waals surface area contributed by atoms with Crippen LogP contribution in [0, 0.1) is 6.92 Å². The number of benzene rings is 2. The molecular weight excluding hydrogens is 308 g/mol. The molecule has 0 bridgehead atoms. The number of aromatic nitrogens is 1. The predicted octanol–water partition coefficient (Wildman–Crippen LogP) is 4.72. The van der Waals surface area contributed by atoms with Gasteiger partial charge < -0.3 is 4.74 Å². The highest BCUT2D eigenvalue weighted by molar-refractivity contribution is 5.80. The summed E-state index contributed by atoms with van der Waals surface area (Å²) in [6.45, 7) is 7.02. The summed E-state index contributed by atoms with van der Waals surface area (Å²) in [5.74, 6) is 0.806. The molecule has 2 aromatic carbocycles. The minimum Gasteiger partial charge on any atom is -0.473 e. The highest BCUT2D eigenvalue weighted by Gasteiger charge is 2.23. The van der Waals surface area contributed by atoms with Crippen molar-refractivity contribution in [2.75, 3.05) is 6.54 Å². The van der Waals surface area contributed by atoms with E-state index < -0.39 is 0 Å². The number of nitrogens with zero attached hydrogens (tertiary/aromatic N) is 2. The van der Waals surface area contributed by atoms with Crippen LogP contribution in [0.1, 0.15) is 30.0 Å². The number of hydrogen-bond donors (Lipinski definition) is 0. The van der Waals surface area contributed by atoms with Gasteiger partial charge in [-0.3, -0.25) is 4.90 Å². The Morgan fingerprint density at radius 2 is 1.96 bits per heavy atom. The largest absolute Gasteiger partial charge is 0.473 e. The Labute approximate surface area is 149 Å². The molecule has 0 spiro atoms. The van der Waals surface area contributed by atoms with Gasteiger partial charge >= 0.3 is 0 Å². The molecule has 3 heteroatoms. The summed E-state index contributed by atoms with van der Waals surface area (Å²) in [6, 6.07) is 19.3. The van der Waals surface area contributed by atoms with Crippen LogP contribution in [-0.2, 0) is 13.1 Å². The maximum Gasteiger partial charge on any atom is 0.218 e. The summed E-state index contributed by atoms with van der Waals surface area (Å²) in [6.07, 6.45) is 1.16.